The molecule has 0 aromatic carbocycles. The van der Waals surface area contributed by atoms with Crippen molar-refractivity contribution in [2.24, 2.45) is 0 Å². The van der Waals surface area contributed by atoms with E-state index in [0.717, 1.165) is 0 Å². The Kier molecular flexibility index (Phi) is 2960. The van der Waals surface area contributed by atoms with Crippen LogP contribution in [0.2, 0.25) is 0 Å². The van der Waals surface area contributed by atoms with Crippen molar-refractivity contribution in [3.8, 4) is 0 Å². The van der Waals surface area contributed by atoms with Gasteiger partial charge in [0.2, 0.25) is 0 Å². The Hall–Kier alpha value is -3.00. The Morgan fingerprint density at radius 3 is 0.333 bits per heavy atom. The smallest absolute Gasteiger partial charge is 0.0194 e. The maximum Gasteiger partial charge on any atom is 0.0194 e. The normalized spacial score (nSPS) is 0.467. The second kappa shape index (κ2) is 122. The van der Waals surface area contributed by atoms with E-state index in [9.17, 15) is 0 Å². The molecule has 0 fully saturated rings. The van der Waals surface area contributed by atoms with Gasteiger partial charge in [-0.05, 0) is 0 Å². The Bertz CT molecular complexity index is 24.9. The molecule has 0 saturated heterocycles. The van der Waals surface area contributed by atoms with Gasteiger partial charge in [0.25, 0.3) is 0 Å². The van der Waals surface area contributed by atoms with Gasteiger partial charge in [0.1, 0.15) is 0 Å². The van der Waals surface area contributed by atoms with Gasteiger partial charge in [0.15, 0.2) is 0 Å². The summed E-state index contributed by atoms with van der Waals surface area (Å²) < 4.78 is 5.75. The van der Waals surface area contributed by atoms with E-state index in [1.807, 2.05) is 0 Å². The van der Waals surface area contributed by atoms with Gasteiger partial charge in [-0.1, -0.05) is 89.1 Å². The molecule has 0 aliphatic heterocycles. The van der Waals surface area contributed by atoms with E-state index in [-0.39, 0.29) is 86.0 Å². The molecule has 0 atom stereocenters. The van der Waals surface area contributed by atoms with Crippen molar-refractivity contribution in [2.45, 2.75) is 89.1 Å². The third-order valence-corrected chi connectivity index (χ3v) is 0. The summed E-state index contributed by atoms with van der Waals surface area (Å²) in [6.45, 7) is 0. The first-order valence-corrected chi connectivity index (χ1v) is 0. The average Bonchev–Trinajstić information content (AvgIpc) is 1.00. The zero-order chi connectivity index (χ0) is 2.00. The fraction of sp³-hybridized carbons (Fsp3) is 1.00. The zero-order valence-corrected chi connectivity index (χ0v) is 22.3. The van der Waals surface area contributed by atoms with Crippen molar-refractivity contribution >= 4 is 0 Å². The van der Waals surface area contributed by atoms with Gasteiger partial charge in [0.05, 0.1) is 0 Å². The van der Waals surface area contributed by atoms with Crippen molar-refractivity contribution in [2.75, 3.05) is 0 Å². The van der Waals surface area contributed by atoms with Crippen LogP contribution in [-0.4, -0.2) is 0 Å². The van der Waals surface area contributed by atoms with Crippen LogP contribution in [0.25, 0.3) is 0 Å². The van der Waals surface area contributed by atoms with Crippen LogP contribution >= 0.6 is 0 Å². The summed E-state index contributed by atoms with van der Waals surface area (Å²) >= 11 is 0. The molecule has 0 heterocycles. The van der Waals surface area contributed by atoms with E-state index in [1.165, 1.54) is 7.40 Å². The largest absolute Gasteiger partial charge is 0.0776 e. The van der Waals surface area contributed by atoms with Gasteiger partial charge in [-0.15, -0.1) is 0 Å². The summed E-state index contributed by atoms with van der Waals surface area (Å²) in [5, 5.41) is 0. The molecule has 0 N–H and O–H groups in total. The molecule has 0 rings (SSSR count). The van der Waals surface area contributed by atoms with Crippen LogP contribution in [0.5, 0.6) is 0 Å². The summed E-state index contributed by atoms with van der Waals surface area (Å²) in [5.41, 5.74) is 0. The minimum absolute atomic E-state index is 0. The number of hydrogen-bond acceptors (Lipinski definition) is 0. The molecule has 0 spiro atoms. The molecule has 0 aliphatic carbocycles. The van der Waals surface area contributed by atoms with Crippen LogP contribution in [0, 0.1) is 0 Å². The Morgan fingerprint density at radius 1 is 0.333 bits per heavy atom. The SMILES string of the molecule is C.C.C.C.C.C.C.C.C.C.C.[2HH].[2HH].[2HH].[2H]C.[Rf].[Rf].[Rf]. The summed E-state index contributed by atoms with van der Waals surface area (Å²) in [7, 11) is 1.25. The van der Waals surface area contributed by atoms with E-state index in [2.05, 4.69) is 0 Å². The van der Waals surface area contributed by atoms with Gasteiger partial charge in [-0.3, -0.25) is 0 Å². The summed E-state index contributed by atoms with van der Waals surface area (Å²) in [6.07, 6.45) is 0. The molecule has 0 amide bonds. The first kappa shape index (κ1) is 363. The molecule has 15 heavy (non-hydrogen) atoms. The van der Waals surface area contributed by atoms with E-state index in [0.29, 0.717) is 0 Å². The first-order chi connectivity index (χ1) is 1.00. The second-order valence-electron chi connectivity index (χ2n) is 0. The van der Waals surface area contributed by atoms with Crippen molar-refractivity contribution in [1.29, 1.82) is 0 Å². The Morgan fingerprint density at radius 2 is 0.333 bits per heavy atom. The number of hydrogen-bond donors (Lipinski definition) is 0. The second-order valence-corrected chi connectivity index (χ2v) is 0. The molecule has 0 aromatic rings. The minimum Gasteiger partial charge on any atom is -0.0776 e. The van der Waals surface area contributed by atoms with Crippen LogP contribution in [-0.2, 0) is 0 Å². The molecule has 3 heteroatoms. The predicted octanol–water partition coefficient (Wildman–Crippen LogP) is 8.37. The van der Waals surface area contributed by atoms with Crippen molar-refractivity contribution in [1.82, 2.24) is 0 Å². The van der Waals surface area contributed by atoms with Crippen molar-refractivity contribution in [3.63, 3.8) is 0 Å². The third-order valence-electron chi connectivity index (χ3n) is 0. The monoisotopic (exact) mass is 1000 g/mol. The van der Waals surface area contributed by atoms with Crippen LogP contribution in [0.1, 0.15) is 94.7 Å². The summed E-state index contributed by atoms with van der Waals surface area (Å²) in [6, 6.07) is 0. The van der Waals surface area contributed by atoms with Gasteiger partial charge < -0.3 is 0 Å². The fourth-order valence-electron chi connectivity index (χ4n) is 0. The maximum atomic E-state index is 5.75. The summed E-state index contributed by atoms with van der Waals surface area (Å²) in [4.78, 5) is 0. The maximum absolute atomic E-state index is 5.75. The molecule has 0 nitrogen and oxygen atoms in total. The van der Waals surface area contributed by atoms with Gasteiger partial charge in [0, 0.05) is 5.65 Å². The van der Waals surface area contributed by atoms with Crippen molar-refractivity contribution < 1.29 is 5.65 Å². The van der Waals surface area contributed by atoms with Crippen LogP contribution in [0.3, 0.4) is 0 Å². The quantitative estimate of drug-likeness (QED) is 0.229. The Balaban J connectivity index is -0.0000000000368. The van der Waals surface area contributed by atoms with E-state index in [1.54, 1.807) is 0 Å². The van der Waals surface area contributed by atoms with Gasteiger partial charge in [-0.2, -0.15) is 0 Å². The topological polar surface area (TPSA) is 0 Å². The van der Waals surface area contributed by atoms with E-state index in [4.69, 9.17) is 1.37 Å². The van der Waals surface area contributed by atoms with Crippen LogP contribution in [0.4, 0.5) is 0 Å². The fourth-order valence-corrected chi connectivity index (χ4v) is 0. The van der Waals surface area contributed by atoms with Gasteiger partial charge >= 0.3 is 0 Å². The molecule has 0 radical (unpaired) electrons. The standard InChI is InChI=1S/12CH4.3Rf.3H2/h12*1H4;;;;3*1H/i1D;;;;;;;;;;;;;;;3*1+1. The molecular formula is C12H54Rf3. The summed E-state index contributed by atoms with van der Waals surface area (Å²) in [5.74, 6) is 0. The van der Waals surface area contributed by atoms with Crippen LogP contribution in [0.15, 0.2) is 0 Å². The number of rotatable bonds is 0. The zero-order valence-electron chi connectivity index (χ0n) is 4.12. The molecule has 108 valence electrons. The molecule has 0 aromatic heterocycles. The third kappa shape index (κ3) is 99.0. The molecule has 0 unspecified atom stereocenters. The molecular weight excluding hydrogens is 945 g/mol. The Labute approximate surface area is 95.7 Å². The van der Waals surface area contributed by atoms with Gasteiger partial charge in [-0.25, -0.2) is 0 Å². The van der Waals surface area contributed by atoms with E-state index < -0.39 is 0 Å². The molecule has 0 bridgehead atoms. The predicted molar refractivity (Wildman–Crippen MR) is 87.1 cm³/mol. The van der Waals surface area contributed by atoms with Crippen LogP contribution < -0.4 is 0 Å². The molecule has 0 saturated carbocycles. The molecule has 0 aliphatic rings. The van der Waals surface area contributed by atoms with E-state index >= 15 is 0 Å². The minimum atomic E-state index is 0. The average molecular weight is 1000 g/mol. The first-order valence-electron chi connectivity index (χ1n) is 1.00. The van der Waals surface area contributed by atoms with Crippen molar-refractivity contribution in [3.05, 3.63) is 0 Å².